The van der Waals surface area contributed by atoms with Crippen LogP contribution in [0, 0.1) is 0 Å². The fraction of sp³-hybridized carbons (Fsp3) is 0.882. The Hall–Kier alpha value is -0.570. The average Bonchev–Trinajstić information content (AvgIpc) is 2.98. The van der Waals surface area contributed by atoms with Crippen molar-refractivity contribution in [2.75, 3.05) is 40.3 Å². The number of amides is 1. The van der Waals surface area contributed by atoms with Crippen LogP contribution in [0.1, 0.15) is 51.9 Å². The van der Waals surface area contributed by atoms with Crippen LogP contribution in [-0.2, 0) is 4.79 Å². The molecule has 7 heteroatoms. The Labute approximate surface area is 164 Å². The molecule has 142 valence electrons. The molecule has 24 heavy (non-hydrogen) atoms. The Bertz CT molecular complexity index is 376. The summed E-state index contributed by atoms with van der Waals surface area (Å²) in [4.78, 5) is 20.5. The number of likely N-dealkylation sites (N-methyl/N-ethyl adjacent to an activating group) is 1. The van der Waals surface area contributed by atoms with Gasteiger partial charge in [0.15, 0.2) is 5.96 Å². The van der Waals surface area contributed by atoms with E-state index in [1.54, 1.807) is 4.90 Å². The molecule has 1 amide bonds. The van der Waals surface area contributed by atoms with E-state index < -0.39 is 0 Å². The number of nitrogens with two attached hydrogens (primary N) is 1. The van der Waals surface area contributed by atoms with Gasteiger partial charge in [0.2, 0.25) is 5.91 Å². The Morgan fingerprint density at radius 3 is 2.71 bits per heavy atom. The van der Waals surface area contributed by atoms with Gasteiger partial charge in [-0.2, -0.15) is 0 Å². The van der Waals surface area contributed by atoms with Crippen molar-refractivity contribution >= 4 is 35.8 Å². The number of hydrogen-bond donors (Lipinski definition) is 2. The standard InChI is InChI=1S/C17H35N5O.HI/c1-4-5-6-7-11-19-17(18)20-12-9-14-22-13-8-10-15(22)16(23)21(2)3;/h15H,4-14H2,1-3H3,(H3,18,19,20);1H. The zero-order chi connectivity index (χ0) is 17.1. The molecule has 0 bridgehead atoms. The molecular formula is C17H36IN5O. The van der Waals surface area contributed by atoms with E-state index in [4.69, 9.17) is 5.73 Å². The highest BCUT2D eigenvalue weighted by atomic mass is 127. The first-order chi connectivity index (χ1) is 11.1. The highest BCUT2D eigenvalue weighted by molar-refractivity contribution is 14.0. The van der Waals surface area contributed by atoms with Gasteiger partial charge >= 0.3 is 0 Å². The summed E-state index contributed by atoms with van der Waals surface area (Å²) < 4.78 is 0. The van der Waals surface area contributed by atoms with E-state index in [0.717, 1.165) is 45.3 Å². The van der Waals surface area contributed by atoms with Gasteiger partial charge < -0.3 is 16.0 Å². The number of nitrogens with zero attached hydrogens (tertiary/aromatic N) is 3. The van der Waals surface area contributed by atoms with Crippen molar-refractivity contribution < 1.29 is 4.79 Å². The summed E-state index contributed by atoms with van der Waals surface area (Å²) >= 11 is 0. The van der Waals surface area contributed by atoms with Crippen LogP contribution in [0.2, 0.25) is 0 Å². The summed E-state index contributed by atoms with van der Waals surface area (Å²) in [6, 6.07) is 0.0583. The van der Waals surface area contributed by atoms with Gasteiger partial charge in [-0.15, -0.1) is 24.0 Å². The lowest BCUT2D eigenvalue weighted by Gasteiger charge is -2.25. The molecule has 1 unspecified atom stereocenters. The monoisotopic (exact) mass is 453 g/mol. The molecule has 3 N–H and O–H groups in total. The summed E-state index contributed by atoms with van der Waals surface area (Å²) in [5.41, 5.74) is 5.86. The van der Waals surface area contributed by atoms with Crippen molar-refractivity contribution in [2.45, 2.75) is 57.9 Å². The Morgan fingerprint density at radius 1 is 1.29 bits per heavy atom. The molecule has 0 aromatic carbocycles. The summed E-state index contributed by atoms with van der Waals surface area (Å²) in [6.45, 7) is 5.75. The predicted octanol–water partition coefficient (Wildman–Crippen LogP) is 2.03. The van der Waals surface area contributed by atoms with Gasteiger partial charge in [-0.05, 0) is 32.2 Å². The van der Waals surface area contributed by atoms with Gasteiger partial charge in [0.05, 0.1) is 6.04 Å². The SMILES string of the molecule is CCCCCCNC(N)=NCCCN1CCCC1C(=O)N(C)C.I. The minimum atomic E-state index is 0. The Morgan fingerprint density at radius 2 is 2.04 bits per heavy atom. The van der Waals surface area contributed by atoms with Crippen molar-refractivity contribution in [1.82, 2.24) is 15.1 Å². The number of aliphatic imine (C=N–C) groups is 1. The second-order valence-electron chi connectivity index (χ2n) is 6.53. The lowest BCUT2D eigenvalue weighted by molar-refractivity contribution is -0.133. The van der Waals surface area contributed by atoms with E-state index in [9.17, 15) is 4.79 Å². The largest absolute Gasteiger partial charge is 0.370 e. The molecular weight excluding hydrogens is 417 g/mol. The van der Waals surface area contributed by atoms with Crippen LogP contribution in [0.4, 0.5) is 0 Å². The maximum Gasteiger partial charge on any atom is 0.239 e. The normalized spacial score (nSPS) is 18.3. The zero-order valence-electron chi connectivity index (χ0n) is 15.6. The smallest absolute Gasteiger partial charge is 0.239 e. The highest BCUT2D eigenvalue weighted by Gasteiger charge is 2.30. The van der Waals surface area contributed by atoms with Crippen LogP contribution in [0.15, 0.2) is 4.99 Å². The van der Waals surface area contributed by atoms with E-state index in [0.29, 0.717) is 12.5 Å². The highest BCUT2D eigenvalue weighted by Crippen LogP contribution is 2.18. The number of halogens is 1. The van der Waals surface area contributed by atoms with Crippen LogP contribution in [0.3, 0.4) is 0 Å². The summed E-state index contributed by atoms with van der Waals surface area (Å²) in [5.74, 6) is 0.767. The molecule has 1 rings (SSSR count). The molecule has 0 spiro atoms. The molecule has 1 aliphatic rings. The molecule has 1 aliphatic heterocycles. The fourth-order valence-electron chi connectivity index (χ4n) is 2.97. The molecule has 0 aliphatic carbocycles. The molecule has 0 aromatic heterocycles. The quantitative estimate of drug-likeness (QED) is 0.230. The minimum Gasteiger partial charge on any atom is -0.370 e. The number of carbonyl (C=O) groups excluding carboxylic acids is 1. The van der Waals surface area contributed by atoms with Gasteiger partial charge in [-0.1, -0.05) is 26.2 Å². The molecule has 0 aromatic rings. The van der Waals surface area contributed by atoms with E-state index >= 15 is 0 Å². The topological polar surface area (TPSA) is 74.0 Å². The zero-order valence-corrected chi connectivity index (χ0v) is 17.9. The number of hydrogen-bond acceptors (Lipinski definition) is 3. The van der Waals surface area contributed by atoms with Crippen molar-refractivity contribution in [2.24, 2.45) is 10.7 Å². The third kappa shape index (κ3) is 9.05. The summed E-state index contributed by atoms with van der Waals surface area (Å²) in [7, 11) is 3.66. The van der Waals surface area contributed by atoms with E-state index in [-0.39, 0.29) is 35.9 Å². The number of carbonyl (C=O) groups is 1. The Balaban J connectivity index is 0.00000529. The molecule has 1 fully saturated rings. The van der Waals surface area contributed by atoms with Gasteiger partial charge in [0.25, 0.3) is 0 Å². The molecule has 1 atom stereocenters. The first kappa shape index (κ1) is 23.4. The summed E-state index contributed by atoms with van der Waals surface area (Å²) in [5, 5.41) is 3.17. The number of guanidine groups is 1. The second-order valence-corrected chi connectivity index (χ2v) is 6.53. The van der Waals surface area contributed by atoms with Crippen molar-refractivity contribution in [3.05, 3.63) is 0 Å². The maximum absolute atomic E-state index is 12.1. The van der Waals surface area contributed by atoms with Crippen LogP contribution in [-0.4, -0.2) is 68.0 Å². The Kier molecular flexibility index (Phi) is 13.4. The molecule has 6 nitrogen and oxygen atoms in total. The summed E-state index contributed by atoms with van der Waals surface area (Å²) in [6.07, 6.45) is 7.93. The van der Waals surface area contributed by atoms with Crippen molar-refractivity contribution in [3.8, 4) is 0 Å². The van der Waals surface area contributed by atoms with E-state index in [2.05, 4.69) is 22.1 Å². The fourth-order valence-corrected chi connectivity index (χ4v) is 2.97. The van der Waals surface area contributed by atoms with Crippen LogP contribution < -0.4 is 11.1 Å². The molecule has 0 saturated carbocycles. The number of unbranched alkanes of at least 4 members (excludes halogenated alkanes) is 3. The van der Waals surface area contributed by atoms with Gasteiger partial charge in [0, 0.05) is 33.7 Å². The first-order valence-corrected chi connectivity index (χ1v) is 9.05. The molecule has 1 heterocycles. The van der Waals surface area contributed by atoms with Crippen molar-refractivity contribution in [3.63, 3.8) is 0 Å². The van der Waals surface area contributed by atoms with Gasteiger partial charge in [-0.3, -0.25) is 14.7 Å². The lowest BCUT2D eigenvalue weighted by atomic mass is 10.2. The van der Waals surface area contributed by atoms with Gasteiger partial charge in [-0.25, -0.2) is 0 Å². The van der Waals surface area contributed by atoms with Crippen LogP contribution in [0.25, 0.3) is 0 Å². The average molecular weight is 453 g/mol. The van der Waals surface area contributed by atoms with E-state index in [1.165, 1.54) is 19.3 Å². The first-order valence-electron chi connectivity index (χ1n) is 9.05. The number of nitrogens with one attached hydrogen (secondary N) is 1. The number of rotatable bonds is 10. The third-order valence-corrected chi connectivity index (χ3v) is 4.31. The predicted molar refractivity (Wildman–Crippen MR) is 112 cm³/mol. The van der Waals surface area contributed by atoms with Crippen molar-refractivity contribution in [1.29, 1.82) is 0 Å². The third-order valence-electron chi connectivity index (χ3n) is 4.31. The maximum atomic E-state index is 12.1. The molecule has 1 saturated heterocycles. The second kappa shape index (κ2) is 13.7. The lowest BCUT2D eigenvalue weighted by Crippen LogP contribution is -2.43. The van der Waals surface area contributed by atoms with E-state index in [1.807, 2.05) is 14.1 Å². The van der Waals surface area contributed by atoms with Crippen LogP contribution >= 0.6 is 24.0 Å². The molecule has 0 radical (unpaired) electrons. The minimum absolute atomic E-state index is 0. The number of likely N-dealkylation sites (tertiary alicyclic amines) is 1. The van der Waals surface area contributed by atoms with Crippen LogP contribution in [0.5, 0.6) is 0 Å². The van der Waals surface area contributed by atoms with Gasteiger partial charge in [0.1, 0.15) is 0 Å².